The molecule has 0 saturated carbocycles. The molecule has 1 aliphatic rings. The number of hydrogen-bond acceptors (Lipinski definition) is 7. The summed E-state index contributed by atoms with van der Waals surface area (Å²) in [5.74, 6) is 1.22. The number of piperidine rings is 1. The van der Waals surface area contributed by atoms with Crippen LogP contribution >= 0.6 is 0 Å². The van der Waals surface area contributed by atoms with Crippen molar-refractivity contribution in [2.45, 2.75) is 19.4 Å². The summed E-state index contributed by atoms with van der Waals surface area (Å²) in [6, 6.07) is 0. The number of likely N-dealkylation sites (tertiary alicyclic amines) is 1. The van der Waals surface area contributed by atoms with E-state index in [0.29, 0.717) is 18.3 Å². The van der Waals surface area contributed by atoms with Crippen molar-refractivity contribution in [2.75, 3.05) is 37.8 Å². The highest BCUT2D eigenvalue weighted by Crippen LogP contribution is 2.18. The molecule has 0 spiro atoms. The lowest BCUT2D eigenvalue weighted by Gasteiger charge is -2.29. The number of rotatable bonds is 4. The highest BCUT2D eigenvalue weighted by Gasteiger charge is 2.23. The lowest BCUT2D eigenvalue weighted by Crippen LogP contribution is -2.38. The maximum atomic E-state index is 11.1. The number of nitrogen functional groups attached to an aromatic ring is 1. The molecule has 0 aliphatic carbocycles. The topological polar surface area (TPSA) is 114 Å². The molecule has 110 valence electrons. The number of anilines is 2. The van der Waals surface area contributed by atoms with Gasteiger partial charge in [0.05, 0.1) is 6.54 Å². The number of primary amides is 1. The summed E-state index contributed by atoms with van der Waals surface area (Å²) < 4.78 is 0. The van der Waals surface area contributed by atoms with Crippen molar-refractivity contribution in [1.29, 1.82) is 0 Å². The molecule has 1 saturated heterocycles. The Balaban J connectivity index is 1.99. The molecule has 8 heteroatoms. The molecule has 1 fully saturated rings. The monoisotopic (exact) mass is 279 g/mol. The average molecular weight is 279 g/mol. The number of aromatic nitrogens is 3. The van der Waals surface area contributed by atoms with E-state index in [1.807, 2.05) is 14.1 Å². The highest BCUT2D eigenvalue weighted by atomic mass is 16.1. The van der Waals surface area contributed by atoms with Crippen LogP contribution in [-0.2, 0) is 11.3 Å². The van der Waals surface area contributed by atoms with Gasteiger partial charge in [0.15, 0.2) is 0 Å². The Kier molecular flexibility index (Phi) is 4.33. The van der Waals surface area contributed by atoms with E-state index in [4.69, 9.17) is 11.5 Å². The van der Waals surface area contributed by atoms with E-state index in [2.05, 4.69) is 19.9 Å². The summed E-state index contributed by atoms with van der Waals surface area (Å²) in [5, 5.41) is 0. The third-order valence-electron chi connectivity index (χ3n) is 3.44. The second-order valence-corrected chi connectivity index (χ2v) is 5.26. The van der Waals surface area contributed by atoms with Crippen LogP contribution in [0, 0.1) is 5.92 Å². The minimum Gasteiger partial charge on any atom is -0.369 e. The second-order valence-electron chi connectivity index (χ2n) is 5.26. The number of nitrogens with two attached hydrogens (primary N) is 2. The van der Waals surface area contributed by atoms with Gasteiger partial charge < -0.3 is 16.4 Å². The first-order chi connectivity index (χ1) is 9.45. The van der Waals surface area contributed by atoms with Gasteiger partial charge in [-0.05, 0) is 25.9 Å². The summed E-state index contributed by atoms with van der Waals surface area (Å²) >= 11 is 0. The van der Waals surface area contributed by atoms with Crippen LogP contribution in [0.3, 0.4) is 0 Å². The van der Waals surface area contributed by atoms with Gasteiger partial charge in [-0.3, -0.25) is 9.69 Å². The molecule has 8 nitrogen and oxygen atoms in total. The molecule has 0 aromatic carbocycles. The van der Waals surface area contributed by atoms with Gasteiger partial charge in [0.2, 0.25) is 17.8 Å². The molecule has 2 rings (SSSR count). The molecule has 1 amide bonds. The maximum absolute atomic E-state index is 11.1. The van der Waals surface area contributed by atoms with E-state index in [1.165, 1.54) is 0 Å². The molecular formula is C12H21N7O. The van der Waals surface area contributed by atoms with Gasteiger partial charge in [-0.1, -0.05) is 0 Å². The van der Waals surface area contributed by atoms with Crippen molar-refractivity contribution in [3.8, 4) is 0 Å². The predicted octanol–water partition coefficient (Wildman–Crippen LogP) is -0.783. The van der Waals surface area contributed by atoms with Crippen molar-refractivity contribution in [3.05, 3.63) is 5.82 Å². The molecule has 2 heterocycles. The Morgan fingerprint density at radius 2 is 1.95 bits per heavy atom. The van der Waals surface area contributed by atoms with Crippen LogP contribution in [0.1, 0.15) is 18.7 Å². The number of hydrogen-bond donors (Lipinski definition) is 2. The highest BCUT2D eigenvalue weighted by molar-refractivity contribution is 5.76. The molecule has 4 N–H and O–H groups in total. The van der Waals surface area contributed by atoms with Crippen LogP contribution in [0.25, 0.3) is 0 Å². The molecule has 0 bridgehead atoms. The third kappa shape index (κ3) is 3.53. The fraction of sp³-hybridized carbons (Fsp3) is 0.667. The molecule has 1 aromatic rings. The number of nitrogens with zero attached hydrogens (tertiary/aromatic N) is 5. The molecular weight excluding hydrogens is 258 g/mol. The Hall–Kier alpha value is -1.96. The predicted molar refractivity (Wildman–Crippen MR) is 75.8 cm³/mol. The largest absolute Gasteiger partial charge is 0.369 e. The summed E-state index contributed by atoms with van der Waals surface area (Å²) in [4.78, 5) is 27.7. The first kappa shape index (κ1) is 14.4. The Labute approximate surface area is 118 Å². The van der Waals surface area contributed by atoms with Crippen molar-refractivity contribution in [3.63, 3.8) is 0 Å². The lowest BCUT2D eigenvalue weighted by atomic mass is 9.96. The van der Waals surface area contributed by atoms with Crippen LogP contribution in [0.2, 0.25) is 0 Å². The molecule has 0 unspecified atom stereocenters. The van der Waals surface area contributed by atoms with Gasteiger partial charge in [0.1, 0.15) is 5.82 Å². The zero-order valence-electron chi connectivity index (χ0n) is 11.9. The van der Waals surface area contributed by atoms with Crippen LogP contribution in [0.4, 0.5) is 11.9 Å². The molecule has 1 aliphatic heterocycles. The summed E-state index contributed by atoms with van der Waals surface area (Å²) in [7, 11) is 3.72. The van der Waals surface area contributed by atoms with Crippen LogP contribution in [-0.4, -0.2) is 52.9 Å². The van der Waals surface area contributed by atoms with Crippen LogP contribution < -0.4 is 16.4 Å². The average Bonchev–Trinajstić information content (AvgIpc) is 2.38. The molecule has 0 atom stereocenters. The van der Waals surface area contributed by atoms with Crippen molar-refractivity contribution in [1.82, 2.24) is 19.9 Å². The van der Waals surface area contributed by atoms with E-state index in [0.717, 1.165) is 25.9 Å². The molecule has 20 heavy (non-hydrogen) atoms. The van der Waals surface area contributed by atoms with Gasteiger partial charge in [0.25, 0.3) is 0 Å². The maximum Gasteiger partial charge on any atom is 0.229 e. The van der Waals surface area contributed by atoms with Crippen LogP contribution in [0.15, 0.2) is 0 Å². The number of carbonyl (C=O) groups is 1. The summed E-state index contributed by atoms with van der Waals surface area (Å²) in [6.07, 6.45) is 1.58. The van der Waals surface area contributed by atoms with Crippen molar-refractivity contribution >= 4 is 17.8 Å². The second kappa shape index (κ2) is 6.00. The van der Waals surface area contributed by atoms with Gasteiger partial charge in [0, 0.05) is 20.0 Å². The van der Waals surface area contributed by atoms with Gasteiger partial charge in [-0.15, -0.1) is 0 Å². The summed E-state index contributed by atoms with van der Waals surface area (Å²) in [6.45, 7) is 2.24. The van der Waals surface area contributed by atoms with E-state index in [9.17, 15) is 4.79 Å². The third-order valence-corrected chi connectivity index (χ3v) is 3.44. The van der Waals surface area contributed by atoms with E-state index in [1.54, 1.807) is 4.90 Å². The first-order valence-electron chi connectivity index (χ1n) is 6.65. The van der Waals surface area contributed by atoms with E-state index in [-0.39, 0.29) is 17.8 Å². The Morgan fingerprint density at radius 1 is 1.30 bits per heavy atom. The first-order valence-corrected chi connectivity index (χ1v) is 6.65. The Morgan fingerprint density at radius 3 is 2.50 bits per heavy atom. The standard InChI is InChI=1S/C12H21N7O/c1-18(2)12-16-9(15-11(14)17-12)7-19-5-3-8(4-6-19)10(13)20/h8H,3-7H2,1-2H3,(H2,13,20)(H2,14,15,16,17). The molecule has 0 radical (unpaired) electrons. The van der Waals surface area contributed by atoms with Gasteiger partial charge in [-0.25, -0.2) is 0 Å². The van der Waals surface area contributed by atoms with Crippen LogP contribution in [0.5, 0.6) is 0 Å². The smallest absolute Gasteiger partial charge is 0.229 e. The fourth-order valence-corrected chi connectivity index (χ4v) is 2.27. The minimum atomic E-state index is -0.205. The van der Waals surface area contributed by atoms with Gasteiger partial charge in [-0.2, -0.15) is 15.0 Å². The Bertz CT molecular complexity index is 483. The number of amides is 1. The van der Waals surface area contributed by atoms with Gasteiger partial charge >= 0.3 is 0 Å². The summed E-state index contributed by atoms with van der Waals surface area (Å²) in [5.41, 5.74) is 11.0. The SMILES string of the molecule is CN(C)c1nc(N)nc(CN2CCC(C(N)=O)CC2)n1. The zero-order valence-corrected chi connectivity index (χ0v) is 11.9. The molecule has 1 aromatic heterocycles. The quantitative estimate of drug-likeness (QED) is 0.742. The zero-order chi connectivity index (χ0) is 14.7. The van der Waals surface area contributed by atoms with E-state index < -0.39 is 0 Å². The minimum absolute atomic E-state index is 0.00739. The van der Waals surface area contributed by atoms with Crippen molar-refractivity contribution < 1.29 is 4.79 Å². The lowest BCUT2D eigenvalue weighted by molar-refractivity contribution is -0.123. The number of carbonyl (C=O) groups excluding carboxylic acids is 1. The normalized spacial score (nSPS) is 17.1. The van der Waals surface area contributed by atoms with Crippen molar-refractivity contribution in [2.24, 2.45) is 11.7 Å². The van der Waals surface area contributed by atoms with E-state index >= 15 is 0 Å². The fourth-order valence-electron chi connectivity index (χ4n) is 2.27.